The second-order valence-corrected chi connectivity index (χ2v) is 6.15. The number of hydrogen-bond donors (Lipinski definition) is 2. The van der Waals surface area contributed by atoms with Crippen molar-refractivity contribution in [3.63, 3.8) is 0 Å². The summed E-state index contributed by atoms with van der Waals surface area (Å²) in [6.45, 7) is 4.99. The van der Waals surface area contributed by atoms with Gasteiger partial charge in [-0.15, -0.1) is 0 Å². The largest absolute Gasteiger partial charge is 0.389 e. The molecule has 0 aliphatic heterocycles. The van der Waals surface area contributed by atoms with Crippen molar-refractivity contribution in [3.8, 4) is 0 Å². The number of hydrogen-bond acceptors (Lipinski definition) is 2. The molecule has 2 nitrogen and oxygen atoms in total. The van der Waals surface area contributed by atoms with Gasteiger partial charge in [-0.25, -0.2) is 0 Å². The van der Waals surface area contributed by atoms with Crippen molar-refractivity contribution in [3.05, 3.63) is 35.4 Å². The summed E-state index contributed by atoms with van der Waals surface area (Å²) in [6, 6.07) is 8.93. The Morgan fingerprint density at radius 3 is 2.26 bits per heavy atom. The number of nitrogens with one attached hydrogen (secondary N) is 1. The van der Waals surface area contributed by atoms with Crippen LogP contribution in [0.25, 0.3) is 0 Å². The fourth-order valence-corrected chi connectivity index (χ4v) is 2.88. The van der Waals surface area contributed by atoms with E-state index in [0.29, 0.717) is 12.6 Å². The molecule has 0 aromatic heterocycles. The molecule has 1 aliphatic rings. The first-order valence-electron chi connectivity index (χ1n) is 7.61. The van der Waals surface area contributed by atoms with Crippen molar-refractivity contribution in [2.45, 2.75) is 64.0 Å². The van der Waals surface area contributed by atoms with Gasteiger partial charge in [-0.3, -0.25) is 0 Å². The molecule has 2 rings (SSSR count). The molecular formula is C17H27NO. The molecule has 19 heavy (non-hydrogen) atoms. The Labute approximate surface area is 117 Å². The van der Waals surface area contributed by atoms with Crippen molar-refractivity contribution in [1.29, 1.82) is 0 Å². The summed E-state index contributed by atoms with van der Waals surface area (Å²) in [5.41, 5.74) is 2.09. The number of aliphatic hydroxyl groups is 1. The molecule has 106 valence electrons. The average molecular weight is 261 g/mol. The molecule has 2 heteroatoms. The summed E-state index contributed by atoms with van der Waals surface area (Å²) >= 11 is 0. The lowest BCUT2D eigenvalue weighted by molar-refractivity contribution is 0.0231. The van der Waals surface area contributed by atoms with Gasteiger partial charge in [0.15, 0.2) is 0 Å². The summed E-state index contributed by atoms with van der Waals surface area (Å²) in [6.07, 6.45) is 6.76. The van der Waals surface area contributed by atoms with Crippen molar-refractivity contribution in [2.24, 2.45) is 0 Å². The number of benzene rings is 1. The Balaban J connectivity index is 1.88. The molecule has 0 heterocycles. The fraction of sp³-hybridized carbons (Fsp3) is 0.647. The van der Waals surface area contributed by atoms with Crippen LogP contribution in [0, 0.1) is 6.92 Å². The molecular weight excluding hydrogens is 234 g/mol. The van der Waals surface area contributed by atoms with Crippen LogP contribution < -0.4 is 5.32 Å². The maximum Gasteiger partial charge on any atom is 0.0771 e. The Hall–Kier alpha value is -0.860. The van der Waals surface area contributed by atoms with Crippen LogP contribution in [0.15, 0.2) is 24.3 Å². The lowest BCUT2D eigenvalue weighted by Gasteiger charge is -2.29. The monoisotopic (exact) mass is 261 g/mol. The zero-order chi connectivity index (χ0) is 13.7. The third kappa shape index (κ3) is 4.32. The SMILES string of the molecule is Cc1ccc([C@H](C)NCC2(O)CCCCCC2)cc1. The second-order valence-electron chi connectivity index (χ2n) is 6.15. The van der Waals surface area contributed by atoms with Crippen LogP contribution in [-0.2, 0) is 0 Å². The summed E-state index contributed by atoms with van der Waals surface area (Å²) in [7, 11) is 0. The minimum absolute atomic E-state index is 0.299. The van der Waals surface area contributed by atoms with Gasteiger partial charge in [-0.2, -0.15) is 0 Å². The minimum atomic E-state index is -0.491. The highest BCUT2D eigenvalue weighted by Gasteiger charge is 2.28. The fourth-order valence-electron chi connectivity index (χ4n) is 2.88. The quantitative estimate of drug-likeness (QED) is 0.809. The molecule has 0 unspecified atom stereocenters. The van der Waals surface area contributed by atoms with E-state index < -0.39 is 5.60 Å². The van der Waals surface area contributed by atoms with E-state index in [1.807, 2.05) is 0 Å². The van der Waals surface area contributed by atoms with Gasteiger partial charge >= 0.3 is 0 Å². The lowest BCUT2D eigenvalue weighted by Crippen LogP contribution is -2.41. The van der Waals surface area contributed by atoms with Crippen molar-refractivity contribution < 1.29 is 5.11 Å². The van der Waals surface area contributed by atoms with Gasteiger partial charge in [0.05, 0.1) is 5.60 Å². The second kappa shape index (κ2) is 6.53. The first-order valence-corrected chi connectivity index (χ1v) is 7.61. The van der Waals surface area contributed by atoms with E-state index in [0.717, 1.165) is 25.7 Å². The van der Waals surface area contributed by atoms with E-state index in [2.05, 4.69) is 43.4 Å². The van der Waals surface area contributed by atoms with E-state index >= 15 is 0 Å². The predicted molar refractivity (Wildman–Crippen MR) is 80.2 cm³/mol. The lowest BCUT2D eigenvalue weighted by atomic mass is 9.94. The van der Waals surface area contributed by atoms with Crippen LogP contribution >= 0.6 is 0 Å². The van der Waals surface area contributed by atoms with Crippen molar-refractivity contribution in [2.75, 3.05) is 6.54 Å². The molecule has 0 amide bonds. The van der Waals surface area contributed by atoms with Gasteiger partial charge in [-0.1, -0.05) is 55.5 Å². The Kier molecular flexibility index (Phi) is 5.00. The first kappa shape index (κ1) is 14.5. The van der Waals surface area contributed by atoms with E-state index in [4.69, 9.17) is 0 Å². The molecule has 1 fully saturated rings. The maximum atomic E-state index is 10.6. The molecule has 0 bridgehead atoms. The molecule has 0 spiro atoms. The highest BCUT2D eigenvalue weighted by atomic mass is 16.3. The smallest absolute Gasteiger partial charge is 0.0771 e. The molecule has 1 aromatic rings. The molecule has 1 saturated carbocycles. The molecule has 1 atom stereocenters. The van der Waals surface area contributed by atoms with Crippen LogP contribution in [0.1, 0.15) is 62.6 Å². The molecule has 0 radical (unpaired) electrons. The van der Waals surface area contributed by atoms with Gasteiger partial charge in [-0.05, 0) is 32.3 Å². The van der Waals surface area contributed by atoms with Gasteiger partial charge in [0.25, 0.3) is 0 Å². The van der Waals surface area contributed by atoms with Gasteiger partial charge in [0.1, 0.15) is 0 Å². The predicted octanol–water partition coefficient (Wildman–Crippen LogP) is 3.73. The molecule has 1 aromatic carbocycles. The van der Waals surface area contributed by atoms with Crippen LogP contribution in [-0.4, -0.2) is 17.3 Å². The number of aryl methyl sites for hydroxylation is 1. The Morgan fingerprint density at radius 2 is 1.68 bits per heavy atom. The Morgan fingerprint density at radius 1 is 1.11 bits per heavy atom. The topological polar surface area (TPSA) is 32.3 Å². The molecule has 1 aliphatic carbocycles. The molecule has 2 N–H and O–H groups in total. The van der Waals surface area contributed by atoms with E-state index in [9.17, 15) is 5.11 Å². The summed E-state index contributed by atoms with van der Waals surface area (Å²) in [5, 5.41) is 14.1. The molecule has 0 saturated heterocycles. The van der Waals surface area contributed by atoms with Gasteiger partial charge < -0.3 is 10.4 Å². The van der Waals surface area contributed by atoms with E-state index in [1.54, 1.807) is 0 Å². The van der Waals surface area contributed by atoms with Gasteiger partial charge in [0, 0.05) is 12.6 Å². The highest BCUT2D eigenvalue weighted by molar-refractivity contribution is 5.23. The summed E-state index contributed by atoms with van der Waals surface area (Å²) < 4.78 is 0. The first-order chi connectivity index (χ1) is 9.09. The number of rotatable bonds is 4. The zero-order valence-corrected chi connectivity index (χ0v) is 12.3. The van der Waals surface area contributed by atoms with Crippen LogP contribution in [0.5, 0.6) is 0 Å². The van der Waals surface area contributed by atoms with E-state index in [1.165, 1.54) is 24.0 Å². The van der Waals surface area contributed by atoms with Crippen molar-refractivity contribution in [1.82, 2.24) is 5.32 Å². The highest BCUT2D eigenvalue weighted by Crippen LogP contribution is 2.27. The van der Waals surface area contributed by atoms with Crippen LogP contribution in [0.4, 0.5) is 0 Å². The Bertz CT molecular complexity index is 377. The zero-order valence-electron chi connectivity index (χ0n) is 12.3. The van der Waals surface area contributed by atoms with Crippen LogP contribution in [0.3, 0.4) is 0 Å². The summed E-state index contributed by atoms with van der Waals surface area (Å²) in [5.74, 6) is 0. The van der Waals surface area contributed by atoms with Crippen LogP contribution in [0.2, 0.25) is 0 Å². The minimum Gasteiger partial charge on any atom is -0.389 e. The standard InChI is InChI=1S/C17H27NO/c1-14-7-9-16(10-8-14)15(2)18-13-17(19)11-5-3-4-6-12-17/h7-10,15,18-19H,3-6,11-13H2,1-2H3/t15-/m0/s1. The van der Waals surface area contributed by atoms with Gasteiger partial charge in [0.2, 0.25) is 0 Å². The third-order valence-electron chi connectivity index (χ3n) is 4.35. The van der Waals surface area contributed by atoms with Crippen molar-refractivity contribution >= 4 is 0 Å². The normalized spacial score (nSPS) is 20.8. The van der Waals surface area contributed by atoms with E-state index in [-0.39, 0.29) is 0 Å². The average Bonchev–Trinajstić information content (AvgIpc) is 2.62. The maximum absolute atomic E-state index is 10.6. The summed E-state index contributed by atoms with van der Waals surface area (Å²) in [4.78, 5) is 0. The third-order valence-corrected chi connectivity index (χ3v) is 4.35.